The molecule has 0 bridgehead atoms. The number of aliphatic hydroxyl groups is 3. The van der Waals surface area contributed by atoms with Crippen molar-refractivity contribution < 1.29 is 71.4 Å². The Balaban J connectivity index is 4.00. The first-order valence-corrected chi connectivity index (χ1v) is 24.3. The van der Waals surface area contributed by atoms with Gasteiger partial charge < -0.3 is 34.6 Å². The molecule has 15 nitrogen and oxygen atoms in total. The number of rotatable bonds is 41. The van der Waals surface area contributed by atoms with Crippen molar-refractivity contribution >= 4 is 27.6 Å². The summed E-state index contributed by atoms with van der Waals surface area (Å²) in [5.41, 5.74) is 0. The summed E-state index contributed by atoms with van der Waals surface area (Å²) in [6.45, 7) is 0.292. The lowest BCUT2D eigenvalue weighted by molar-refractivity contribution is -0.148. The maximum Gasteiger partial charge on any atom is 0.472 e. The van der Waals surface area contributed by atoms with Crippen LogP contribution in [0.2, 0.25) is 0 Å². The molecule has 0 aliphatic heterocycles. The lowest BCUT2D eigenvalue weighted by Crippen LogP contribution is -2.25. The molecule has 0 saturated heterocycles. The van der Waals surface area contributed by atoms with Gasteiger partial charge in [-0.15, -0.1) is 0 Å². The quantitative estimate of drug-likeness (QED) is 0.0168. The van der Waals surface area contributed by atoms with Gasteiger partial charge in [-0.1, -0.05) is 121 Å². The minimum absolute atomic E-state index is 0.0904. The molecule has 0 rings (SSSR count). The Hall–Kier alpha value is -1.74. The molecule has 0 saturated carbocycles. The number of unbranched alkanes of at least 4 members (excludes halogenated alkanes) is 15. The summed E-state index contributed by atoms with van der Waals surface area (Å²) >= 11 is 0. The van der Waals surface area contributed by atoms with Gasteiger partial charge in [-0.3, -0.25) is 27.7 Å². The number of phosphoric acid groups is 2. The average Bonchev–Trinajstić information content (AvgIpc) is 3.19. The lowest BCUT2D eigenvalue weighted by Gasteiger charge is -2.19. The zero-order valence-electron chi connectivity index (χ0n) is 35.2. The second kappa shape index (κ2) is 38.2. The minimum Gasteiger partial charge on any atom is -0.463 e. The smallest absolute Gasteiger partial charge is 0.463 e. The van der Waals surface area contributed by atoms with Crippen LogP contribution in [-0.2, 0) is 46.3 Å². The topological polar surface area (TPSA) is 225 Å². The van der Waals surface area contributed by atoms with Gasteiger partial charge in [-0.05, 0) is 57.8 Å². The molecular weight excluding hydrogens is 794 g/mol. The van der Waals surface area contributed by atoms with E-state index in [9.17, 15) is 43.8 Å². The number of hydrogen-bond acceptors (Lipinski definition) is 13. The summed E-state index contributed by atoms with van der Waals surface area (Å²) in [7, 11) is -9.57. The summed E-state index contributed by atoms with van der Waals surface area (Å²) < 4.78 is 52.7. The predicted molar refractivity (Wildman–Crippen MR) is 224 cm³/mol. The second-order valence-electron chi connectivity index (χ2n) is 14.3. The van der Waals surface area contributed by atoms with E-state index < -0.39 is 85.5 Å². The van der Waals surface area contributed by atoms with Crippen LogP contribution < -0.4 is 0 Å². The van der Waals surface area contributed by atoms with E-state index in [0.717, 1.165) is 38.5 Å². The van der Waals surface area contributed by atoms with Crippen LogP contribution >= 0.6 is 15.6 Å². The number of phosphoric ester groups is 2. The summed E-state index contributed by atoms with van der Waals surface area (Å²) in [5.74, 6) is -1.08. The van der Waals surface area contributed by atoms with E-state index in [1.807, 2.05) is 12.2 Å². The Morgan fingerprint density at radius 1 is 0.448 bits per heavy atom. The van der Waals surface area contributed by atoms with Gasteiger partial charge in [0.05, 0.1) is 26.4 Å². The molecule has 0 radical (unpaired) electrons. The van der Waals surface area contributed by atoms with Crippen LogP contribution in [0.3, 0.4) is 0 Å². The SMILES string of the molecule is CCCCCCCC/C=C\C/C=C/CCC(=O)OCC(O)COP(=O)(O)OCC(O)COP(=O)(O)OCC(O)COC(=O)CCCCC/C=C\CCCCCCCC. The standard InChI is InChI=1S/C41H76O15P2/c1-3-5-7-9-11-13-15-17-19-21-23-25-27-29-40(45)51-31-37(42)33-53-57(47,48)55-35-39(44)36-56-58(49,50)54-34-38(43)32-52-41(46)30-28-26-24-22-20-18-16-14-12-10-8-6-4-2/h17-20,23,25,37-39,42-44H,3-16,21-22,24,26-36H2,1-2H3,(H,47,48)(H,49,50)/b19-17-,20-18-,25-23+. The van der Waals surface area contributed by atoms with Crippen LogP contribution in [0.5, 0.6) is 0 Å². The third-order valence-corrected chi connectivity index (χ3v) is 10.5. The minimum atomic E-state index is -4.79. The second-order valence-corrected chi connectivity index (χ2v) is 17.3. The third-order valence-electron chi connectivity index (χ3n) is 8.58. The number of carbonyl (C=O) groups is 2. The zero-order valence-corrected chi connectivity index (χ0v) is 37.0. The Bertz CT molecular complexity index is 1200. The molecule has 0 aromatic rings. The lowest BCUT2D eigenvalue weighted by atomic mass is 10.1. The number of allylic oxidation sites excluding steroid dienone is 6. The number of hydrogen-bond donors (Lipinski definition) is 5. The largest absolute Gasteiger partial charge is 0.472 e. The van der Waals surface area contributed by atoms with Crippen molar-refractivity contribution in [2.75, 3.05) is 39.6 Å². The highest BCUT2D eigenvalue weighted by molar-refractivity contribution is 7.47. The van der Waals surface area contributed by atoms with Crippen LogP contribution in [0.4, 0.5) is 0 Å². The molecular formula is C41H76O15P2. The van der Waals surface area contributed by atoms with Gasteiger partial charge in [-0.25, -0.2) is 9.13 Å². The van der Waals surface area contributed by atoms with Gasteiger partial charge in [0.15, 0.2) is 0 Å². The summed E-state index contributed by atoms with van der Waals surface area (Å²) in [5, 5.41) is 29.9. The zero-order chi connectivity index (χ0) is 43.2. The summed E-state index contributed by atoms with van der Waals surface area (Å²) in [4.78, 5) is 43.5. The van der Waals surface area contributed by atoms with Gasteiger partial charge in [0, 0.05) is 12.8 Å². The number of ether oxygens (including phenoxy) is 2. The Kier molecular flexibility index (Phi) is 37.1. The van der Waals surface area contributed by atoms with Gasteiger partial charge >= 0.3 is 27.6 Å². The van der Waals surface area contributed by atoms with Crippen LogP contribution in [-0.4, -0.2) is 95.0 Å². The molecule has 5 unspecified atom stereocenters. The number of aliphatic hydroxyl groups excluding tert-OH is 3. The Morgan fingerprint density at radius 2 is 0.776 bits per heavy atom. The molecule has 5 N–H and O–H groups in total. The van der Waals surface area contributed by atoms with Crippen molar-refractivity contribution in [1.29, 1.82) is 0 Å². The maximum absolute atomic E-state index is 12.1. The summed E-state index contributed by atoms with van der Waals surface area (Å²) in [6.07, 6.45) is 30.2. The fourth-order valence-corrected chi connectivity index (χ4v) is 6.79. The van der Waals surface area contributed by atoms with E-state index >= 15 is 0 Å². The first kappa shape index (κ1) is 56.3. The molecule has 17 heteroatoms. The van der Waals surface area contributed by atoms with Crippen molar-refractivity contribution in [3.63, 3.8) is 0 Å². The Labute approximate surface area is 347 Å². The van der Waals surface area contributed by atoms with Crippen LogP contribution in [0.25, 0.3) is 0 Å². The van der Waals surface area contributed by atoms with Crippen molar-refractivity contribution in [3.8, 4) is 0 Å². The van der Waals surface area contributed by atoms with Crippen molar-refractivity contribution in [1.82, 2.24) is 0 Å². The van der Waals surface area contributed by atoms with Crippen LogP contribution in [0.1, 0.15) is 155 Å². The number of carbonyl (C=O) groups excluding carboxylic acids is 2. The molecule has 0 aliphatic carbocycles. The average molecular weight is 871 g/mol. The van der Waals surface area contributed by atoms with Gasteiger partial charge in [0.25, 0.3) is 0 Å². The monoisotopic (exact) mass is 870 g/mol. The molecule has 0 fully saturated rings. The van der Waals surface area contributed by atoms with Gasteiger partial charge in [0.1, 0.15) is 31.5 Å². The molecule has 0 aromatic carbocycles. The van der Waals surface area contributed by atoms with Crippen LogP contribution in [0.15, 0.2) is 36.5 Å². The van der Waals surface area contributed by atoms with Gasteiger partial charge in [0.2, 0.25) is 0 Å². The first-order valence-electron chi connectivity index (χ1n) is 21.3. The fourth-order valence-electron chi connectivity index (χ4n) is 5.20. The maximum atomic E-state index is 12.1. The molecule has 58 heavy (non-hydrogen) atoms. The molecule has 340 valence electrons. The highest BCUT2D eigenvalue weighted by Gasteiger charge is 2.28. The normalized spacial score (nSPS) is 15.8. The third kappa shape index (κ3) is 39.7. The van der Waals surface area contributed by atoms with Crippen molar-refractivity contribution in [2.24, 2.45) is 0 Å². The number of esters is 2. The molecule has 0 spiro atoms. The van der Waals surface area contributed by atoms with E-state index in [4.69, 9.17) is 9.47 Å². The van der Waals surface area contributed by atoms with E-state index in [0.29, 0.717) is 12.8 Å². The van der Waals surface area contributed by atoms with Crippen LogP contribution in [0, 0.1) is 0 Å². The molecule has 0 aromatic heterocycles. The molecule has 0 aliphatic rings. The van der Waals surface area contributed by atoms with Crippen molar-refractivity contribution in [2.45, 2.75) is 173 Å². The molecule has 5 atom stereocenters. The van der Waals surface area contributed by atoms with E-state index in [1.54, 1.807) is 0 Å². The van der Waals surface area contributed by atoms with E-state index in [2.05, 4.69) is 56.2 Å². The fraction of sp³-hybridized carbons (Fsp3) is 0.805. The predicted octanol–water partition coefficient (Wildman–Crippen LogP) is 8.71. The van der Waals surface area contributed by atoms with E-state index in [1.165, 1.54) is 77.0 Å². The van der Waals surface area contributed by atoms with Gasteiger partial charge in [-0.2, -0.15) is 0 Å². The highest BCUT2D eigenvalue weighted by Crippen LogP contribution is 2.45. The molecule has 0 heterocycles. The Morgan fingerprint density at radius 3 is 1.21 bits per heavy atom. The highest BCUT2D eigenvalue weighted by atomic mass is 31.2. The first-order chi connectivity index (χ1) is 27.8. The van der Waals surface area contributed by atoms with E-state index in [-0.39, 0.29) is 12.8 Å². The molecule has 0 amide bonds. The van der Waals surface area contributed by atoms with Crippen molar-refractivity contribution in [3.05, 3.63) is 36.5 Å². The summed E-state index contributed by atoms with van der Waals surface area (Å²) in [6, 6.07) is 0.